The molecule has 0 unspecified atom stereocenters. The molecule has 122 valence electrons. The molecule has 2 aliphatic rings. The van der Waals surface area contributed by atoms with Crippen LogP contribution in [0.2, 0.25) is 0 Å². The minimum absolute atomic E-state index is 0.0793. The number of para-hydroxylation sites is 1. The lowest BCUT2D eigenvalue weighted by Gasteiger charge is -2.36. The summed E-state index contributed by atoms with van der Waals surface area (Å²) < 4.78 is 0. The number of aliphatic imine (C=N–C) groups is 1. The fourth-order valence-corrected chi connectivity index (χ4v) is 2.65. The fourth-order valence-electron chi connectivity index (χ4n) is 2.65. The van der Waals surface area contributed by atoms with Crippen LogP contribution in [-0.2, 0) is 9.59 Å². The summed E-state index contributed by atoms with van der Waals surface area (Å²) in [6.45, 7) is 3.41. The Morgan fingerprint density at radius 2 is 1.91 bits per heavy atom. The molecule has 1 atom stereocenters. The van der Waals surface area contributed by atoms with Crippen LogP contribution in [-0.4, -0.2) is 66.8 Å². The van der Waals surface area contributed by atoms with Crippen molar-refractivity contribution in [3.63, 3.8) is 0 Å². The first-order valence-corrected chi connectivity index (χ1v) is 7.79. The van der Waals surface area contributed by atoms with Gasteiger partial charge in [0.2, 0.25) is 17.8 Å². The number of guanidine groups is 1. The van der Waals surface area contributed by atoms with Gasteiger partial charge >= 0.3 is 0 Å². The monoisotopic (exact) mass is 315 g/mol. The highest BCUT2D eigenvalue weighted by Gasteiger charge is 2.30. The summed E-state index contributed by atoms with van der Waals surface area (Å²) in [6, 6.07) is 8.52. The van der Waals surface area contributed by atoms with Crippen molar-refractivity contribution >= 4 is 23.5 Å². The van der Waals surface area contributed by atoms with Crippen LogP contribution in [0.5, 0.6) is 0 Å². The second-order valence-electron chi connectivity index (χ2n) is 5.87. The number of hydrogen-bond donors (Lipinski definition) is 2. The number of hydrogen-bond acceptors (Lipinski definition) is 5. The van der Waals surface area contributed by atoms with E-state index in [9.17, 15) is 9.59 Å². The largest absolute Gasteiger partial charge is 0.340 e. The van der Waals surface area contributed by atoms with Crippen molar-refractivity contribution in [2.75, 3.05) is 38.5 Å². The highest BCUT2D eigenvalue weighted by Crippen LogP contribution is 2.12. The van der Waals surface area contributed by atoms with E-state index >= 15 is 0 Å². The molecule has 1 saturated heterocycles. The maximum Gasteiger partial charge on any atom is 0.249 e. The molecule has 2 aliphatic heterocycles. The first kappa shape index (κ1) is 15.5. The van der Waals surface area contributed by atoms with Crippen molar-refractivity contribution in [2.45, 2.75) is 12.5 Å². The van der Waals surface area contributed by atoms with Crippen LogP contribution in [0, 0.1) is 0 Å². The molecule has 0 spiro atoms. The Morgan fingerprint density at radius 1 is 1.22 bits per heavy atom. The molecule has 23 heavy (non-hydrogen) atoms. The molecular weight excluding hydrogens is 294 g/mol. The lowest BCUT2D eigenvalue weighted by Crippen LogP contribution is -2.55. The number of anilines is 1. The number of likely N-dealkylation sites (N-methyl/N-ethyl adjacent to an activating group) is 1. The van der Waals surface area contributed by atoms with Crippen molar-refractivity contribution in [3.8, 4) is 0 Å². The van der Waals surface area contributed by atoms with Gasteiger partial charge in [-0.25, -0.2) is 4.99 Å². The number of piperazine rings is 1. The Hall–Kier alpha value is -2.41. The van der Waals surface area contributed by atoms with E-state index in [0.717, 1.165) is 26.2 Å². The SMILES string of the molecule is CN1CCN(C2=N[C@@H](C(=O)Nc3ccccc3)CC(=O)N2)CC1. The van der Waals surface area contributed by atoms with Crippen LogP contribution in [0.15, 0.2) is 35.3 Å². The van der Waals surface area contributed by atoms with Crippen LogP contribution >= 0.6 is 0 Å². The fraction of sp³-hybridized carbons (Fsp3) is 0.438. The maximum atomic E-state index is 12.4. The minimum atomic E-state index is -0.682. The molecule has 0 saturated carbocycles. The third kappa shape index (κ3) is 3.87. The zero-order valence-electron chi connectivity index (χ0n) is 13.2. The van der Waals surface area contributed by atoms with Gasteiger partial charge in [-0.2, -0.15) is 0 Å². The standard InChI is InChI=1S/C16H21N5O2/c1-20-7-9-21(10-8-20)16-18-13(11-14(22)19-16)15(23)17-12-5-3-2-4-6-12/h2-6,13H,7-11H2,1H3,(H,17,23)(H,18,19,22)/t13-/m1/s1. The van der Waals surface area contributed by atoms with Crippen molar-refractivity contribution in [1.29, 1.82) is 0 Å². The number of amides is 2. The van der Waals surface area contributed by atoms with E-state index in [1.54, 1.807) is 0 Å². The molecule has 2 heterocycles. The number of nitrogens with zero attached hydrogens (tertiary/aromatic N) is 3. The molecule has 2 N–H and O–H groups in total. The Labute approximate surface area is 135 Å². The molecule has 0 aromatic heterocycles. The average molecular weight is 315 g/mol. The van der Waals surface area contributed by atoms with Crippen LogP contribution in [0.4, 0.5) is 5.69 Å². The third-order valence-electron chi connectivity index (χ3n) is 4.05. The minimum Gasteiger partial charge on any atom is -0.340 e. The number of rotatable bonds is 2. The molecule has 0 bridgehead atoms. The molecule has 1 fully saturated rings. The average Bonchev–Trinajstić information content (AvgIpc) is 2.56. The quantitative estimate of drug-likeness (QED) is 0.812. The van der Waals surface area contributed by atoms with E-state index in [2.05, 4.69) is 27.6 Å². The van der Waals surface area contributed by atoms with Crippen molar-refractivity contribution in [2.24, 2.45) is 4.99 Å². The summed E-state index contributed by atoms with van der Waals surface area (Å²) in [4.78, 5) is 33.0. The van der Waals surface area contributed by atoms with Gasteiger partial charge in [-0.15, -0.1) is 0 Å². The van der Waals surface area contributed by atoms with Gasteiger partial charge in [0.1, 0.15) is 6.04 Å². The highest BCUT2D eigenvalue weighted by molar-refractivity contribution is 6.05. The maximum absolute atomic E-state index is 12.4. The first-order valence-electron chi connectivity index (χ1n) is 7.79. The zero-order valence-corrected chi connectivity index (χ0v) is 13.2. The van der Waals surface area contributed by atoms with Gasteiger partial charge in [-0.05, 0) is 19.2 Å². The predicted octanol–water partition coefficient (Wildman–Crippen LogP) is 0.117. The van der Waals surface area contributed by atoms with Gasteiger partial charge in [-0.1, -0.05) is 18.2 Å². The van der Waals surface area contributed by atoms with Crippen molar-refractivity contribution in [1.82, 2.24) is 15.1 Å². The molecule has 0 radical (unpaired) electrons. The molecule has 1 aromatic carbocycles. The van der Waals surface area contributed by atoms with Gasteiger partial charge in [0, 0.05) is 31.9 Å². The van der Waals surface area contributed by atoms with Gasteiger partial charge in [-0.3, -0.25) is 14.9 Å². The molecule has 3 rings (SSSR count). The number of carbonyl (C=O) groups excluding carboxylic acids is 2. The third-order valence-corrected chi connectivity index (χ3v) is 4.05. The van der Waals surface area contributed by atoms with Crippen molar-refractivity contribution < 1.29 is 9.59 Å². The number of nitrogens with one attached hydrogen (secondary N) is 2. The molecular formula is C16H21N5O2. The summed E-state index contributed by atoms with van der Waals surface area (Å²) in [7, 11) is 2.06. The Morgan fingerprint density at radius 3 is 2.61 bits per heavy atom. The van der Waals surface area contributed by atoms with E-state index in [-0.39, 0.29) is 18.2 Å². The van der Waals surface area contributed by atoms with Gasteiger partial charge in [0.05, 0.1) is 6.42 Å². The summed E-state index contributed by atoms with van der Waals surface area (Å²) in [5.74, 6) is 0.0994. The summed E-state index contributed by atoms with van der Waals surface area (Å²) in [5, 5.41) is 5.60. The molecule has 7 nitrogen and oxygen atoms in total. The summed E-state index contributed by atoms with van der Waals surface area (Å²) in [6.07, 6.45) is 0.0793. The van der Waals surface area contributed by atoms with Gasteiger partial charge in [0.15, 0.2) is 0 Å². The van der Waals surface area contributed by atoms with E-state index in [0.29, 0.717) is 11.6 Å². The van der Waals surface area contributed by atoms with E-state index in [4.69, 9.17) is 0 Å². The van der Waals surface area contributed by atoms with Crippen LogP contribution < -0.4 is 10.6 Å². The second kappa shape index (κ2) is 6.78. The second-order valence-corrected chi connectivity index (χ2v) is 5.87. The lowest BCUT2D eigenvalue weighted by molar-refractivity contribution is -0.125. The van der Waals surface area contributed by atoms with E-state index in [1.807, 2.05) is 35.2 Å². The molecule has 1 aromatic rings. The first-order chi connectivity index (χ1) is 11.1. The summed E-state index contributed by atoms with van der Waals surface area (Å²) >= 11 is 0. The zero-order chi connectivity index (χ0) is 16.2. The van der Waals surface area contributed by atoms with E-state index in [1.165, 1.54) is 0 Å². The Kier molecular flexibility index (Phi) is 4.57. The van der Waals surface area contributed by atoms with Crippen LogP contribution in [0.25, 0.3) is 0 Å². The van der Waals surface area contributed by atoms with Crippen LogP contribution in [0.1, 0.15) is 6.42 Å². The molecule has 0 aliphatic carbocycles. The Bertz CT molecular complexity index is 608. The number of benzene rings is 1. The lowest BCUT2D eigenvalue weighted by atomic mass is 10.1. The number of carbonyl (C=O) groups is 2. The predicted molar refractivity (Wildman–Crippen MR) is 88.1 cm³/mol. The van der Waals surface area contributed by atoms with Crippen molar-refractivity contribution in [3.05, 3.63) is 30.3 Å². The van der Waals surface area contributed by atoms with Crippen LogP contribution in [0.3, 0.4) is 0 Å². The highest BCUT2D eigenvalue weighted by atomic mass is 16.2. The molecule has 7 heteroatoms. The molecule has 2 amide bonds. The normalized spacial score (nSPS) is 22.3. The Balaban J connectivity index is 1.69. The van der Waals surface area contributed by atoms with Gasteiger partial charge in [0.25, 0.3) is 0 Å². The smallest absolute Gasteiger partial charge is 0.249 e. The topological polar surface area (TPSA) is 77.0 Å². The summed E-state index contributed by atoms with van der Waals surface area (Å²) in [5.41, 5.74) is 0.708. The van der Waals surface area contributed by atoms with Gasteiger partial charge < -0.3 is 15.1 Å². The van der Waals surface area contributed by atoms with E-state index < -0.39 is 6.04 Å².